The Balaban J connectivity index is 0.000000344. The van der Waals surface area contributed by atoms with Crippen LogP contribution in [-0.4, -0.2) is 70.6 Å². The molecule has 1 rings (SSSR count). The van der Waals surface area contributed by atoms with Crippen LogP contribution in [0.5, 0.6) is 0 Å². The van der Waals surface area contributed by atoms with Gasteiger partial charge in [0.15, 0.2) is 0 Å². The van der Waals surface area contributed by atoms with Crippen molar-refractivity contribution in [1.29, 1.82) is 0 Å². The molecule has 0 aliphatic carbocycles. The number of carboxylic acids is 1. The van der Waals surface area contributed by atoms with Crippen LogP contribution in [0, 0.1) is 5.41 Å². The van der Waals surface area contributed by atoms with Crippen LogP contribution < -0.4 is 0 Å². The fraction of sp³-hybridized carbons (Fsp3) is 0.750. The van der Waals surface area contributed by atoms with Gasteiger partial charge in [-0.05, 0) is 18.9 Å². The SMILES string of the molecule is O=C(O)C=CC1CCCO1.OCC(CO)(CO)CO. The van der Waals surface area contributed by atoms with Crippen LogP contribution >= 0.6 is 0 Å². The summed E-state index contributed by atoms with van der Waals surface area (Å²) < 4.78 is 5.15. The summed E-state index contributed by atoms with van der Waals surface area (Å²) in [6, 6.07) is 0. The highest BCUT2D eigenvalue weighted by Gasteiger charge is 2.26. The molecule has 1 saturated heterocycles. The molecule has 0 saturated carbocycles. The molecule has 7 nitrogen and oxygen atoms in total. The Kier molecular flexibility index (Phi) is 9.36. The number of ether oxygens (including phenoxy) is 1. The smallest absolute Gasteiger partial charge is 0.328 e. The van der Waals surface area contributed by atoms with Crippen molar-refractivity contribution in [2.45, 2.75) is 18.9 Å². The molecule has 7 heteroatoms. The Morgan fingerprint density at radius 1 is 1.16 bits per heavy atom. The van der Waals surface area contributed by atoms with Crippen LogP contribution in [0.25, 0.3) is 0 Å². The van der Waals surface area contributed by atoms with Gasteiger partial charge in [0.25, 0.3) is 0 Å². The van der Waals surface area contributed by atoms with E-state index in [9.17, 15) is 4.79 Å². The lowest BCUT2D eigenvalue weighted by Crippen LogP contribution is -2.37. The fourth-order valence-electron chi connectivity index (χ4n) is 1.24. The zero-order valence-electron chi connectivity index (χ0n) is 10.7. The highest BCUT2D eigenvalue weighted by Crippen LogP contribution is 2.12. The van der Waals surface area contributed by atoms with E-state index in [4.69, 9.17) is 30.3 Å². The standard InChI is InChI=1S/C7H10O3.C5H12O4/c8-7(9)4-3-6-2-1-5-10-6;6-1-5(2-7,3-8)4-9/h3-4,6H,1-2,5H2,(H,8,9);6-9H,1-4H2. The van der Waals surface area contributed by atoms with Crippen molar-refractivity contribution in [2.24, 2.45) is 5.41 Å². The normalized spacial score (nSPS) is 19.3. The average Bonchev–Trinajstić information content (AvgIpc) is 2.94. The largest absolute Gasteiger partial charge is 0.478 e. The first-order valence-electron chi connectivity index (χ1n) is 5.99. The number of rotatable bonds is 6. The van der Waals surface area contributed by atoms with Gasteiger partial charge in [-0.3, -0.25) is 0 Å². The first kappa shape index (κ1) is 18.0. The molecule has 1 aliphatic rings. The van der Waals surface area contributed by atoms with E-state index >= 15 is 0 Å². The average molecular weight is 278 g/mol. The van der Waals surface area contributed by atoms with Crippen molar-refractivity contribution in [1.82, 2.24) is 0 Å². The molecular weight excluding hydrogens is 256 g/mol. The van der Waals surface area contributed by atoms with Gasteiger partial charge < -0.3 is 30.3 Å². The molecule has 1 heterocycles. The van der Waals surface area contributed by atoms with Gasteiger partial charge in [0.1, 0.15) is 0 Å². The van der Waals surface area contributed by atoms with Crippen molar-refractivity contribution >= 4 is 5.97 Å². The summed E-state index contributed by atoms with van der Waals surface area (Å²) in [5.74, 6) is -0.907. The summed E-state index contributed by atoms with van der Waals surface area (Å²) in [5, 5.41) is 42.2. The molecule has 0 aromatic carbocycles. The van der Waals surface area contributed by atoms with Crippen LogP contribution in [0.1, 0.15) is 12.8 Å². The van der Waals surface area contributed by atoms with Crippen molar-refractivity contribution in [3.8, 4) is 0 Å². The Morgan fingerprint density at radius 3 is 1.95 bits per heavy atom. The number of aliphatic hydroxyl groups excluding tert-OH is 4. The molecule has 1 atom stereocenters. The van der Waals surface area contributed by atoms with E-state index in [1.54, 1.807) is 6.08 Å². The maximum absolute atomic E-state index is 10.0. The summed E-state index contributed by atoms with van der Waals surface area (Å²) in [5.41, 5.74) is -1.11. The van der Waals surface area contributed by atoms with E-state index in [2.05, 4.69) is 0 Å². The van der Waals surface area contributed by atoms with E-state index in [1.165, 1.54) is 0 Å². The molecule has 0 radical (unpaired) electrons. The van der Waals surface area contributed by atoms with Crippen molar-refractivity contribution < 1.29 is 35.1 Å². The number of aliphatic hydroxyl groups is 4. The number of hydrogen-bond acceptors (Lipinski definition) is 6. The fourth-order valence-corrected chi connectivity index (χ4v) is 1.24. The highest BCUT2D eigenvalue weighted by atomic mass is 16.5. The van der Waals surface area contributed by atoms with E-state index in [-0.39, 0.29) is 6.10 Å². The molecule has 19 heavy (non-hydrogen) atoms. The molecule has 0 amide bonds. The summed E-state index contributed by atoms with van der Waals surface area (Å²) in [6.07, 6.45) is 4.75. The highest BCUT2D eigenvalue weighted by molar-refractivity contribution is 5.79. The van der Waals surface area contributed by atoms with E-state index in [0.29, 0.717) is 0 Å². The van der Waals surface area contributed by atoms with Gasteiger partial charge in [-0.2, -0.15) is 0 Å². The zero-order chi connectivity index (χ0) is 14.7. The summed E-state index contributed by atoms with van der Waals surface area (Å²) in [7, 11) is 0. The van der Waals surface area contributed by atoms with Gasteiger partial charge in [0.2, 0.25) is 0 Å². The quantitative estimate of drug-likeness (QED) is 0.384. The van der Waals surface area contributed by atoms with E-state index < -0.39 is 37.8 Å². The van der Waals surface area contributed by atoms with E-state index in [1.807, 2.05) is 0 Å². The van der Waals surface area contributed by atoms with Gasteiger partial charge in [-0.25, -0.2) is 4.79 Å². The maximum Gasteiger partial charge on any atom is 0.328 e. The first-order valence-corrected chi connectivity index (χ1v) is 5.99. The number of carbonyl (C=O) groups is 1. The minimum Gasteiger partial charge on any atom is -0.478 e. The van der Waals surface area contributed by atoms with Gasteiger partial charge in [0, 0.05) is 12.7 Å². The zero-order valence-corrected chi connectivity index (χ0v) is 10.7. The number of hydrogen-bond donors (Lipinski definition) is 5. The molecule has 1 unspecified atom stereocenters. The molecule has 1 aliphatic heterocycles. The predicted molar refractivity (Wildman–Crippen MR) is 66.5 cm³/mol. The number of aliphatic carboxylic acids is 1. The molecule has 0 spiro atoms. The van der Waals surface area contributed by atoms with Gasteiger partial charge in [-0.15, -0.1) is 0 Å². The second kappa shape index (κ2) is 9.88. The van der Waals surface area contributed by atoms with Crippen LogP contribution in [0.15, 0.2) is 12.2 Å². The lowest BCUT2D eigenvalue weighted by molar-refractivity contribution is -0.131. The first-order chi connectivity index (χ1) is 9.03. The molecule has 5 N–H and O–H groups in total. The number of carboxylic acid groups (broad SMARTS) is 1. The lowest BCUT2D eigenvalue weighted by atomic mass is 9.93. The summed E-state index contributed by atoms with van der Waals surface area (Å²) in [6.45, 7) is -0.866. The van der Waals surface area contributed by atoms with Crippen LogP contribution in [0.4, 0.5) is 0 Å². The van der Waals surface area contributed by atoms with Gasteiger partial charge >= 0.3 is 5.97 Å². The van der Waals surface area contributed by atoms with Crippen molar-refractivity contribution in [3.05, 3.63) is 12.2 Å². The minimum absolute atomic E-state index is 0.0381. The lowest BCUT2D eigenvalue weighted by Gasteiger charge is -2.23. The third kappa shape index (κ3) is 7.24. The predicted octanol–water partition coefficient (Wildman–Crippen LogP) is -1.25. The molecule has 0 aromatic heterocycles. The molecule has 0 aromatic rings. The van der Waals surface area contributed by atoms with Gasteiger partial charge in [-0.1, -0.05) is 0 Å². The Hall–Kier alpha value is -0.990. The molecular formula is C12H22O7. The van der Waals surface area contributed by atoms with Gasteiger partial charge in [0.05, 0.1) is 37.9 Å². The Morgan fingerprint density at radius 2 is 1.68 bits per heavy atom. The van der Waals surface area contributed by atoms with Crippen LogP contribution in [0.2, 0.25) is 0 Å². The Bertz CT molecular complexity index is 250. The van der Waals surface area contributed by atoms with Crippen LogP contribution in [-0.2, 0) is 9.53 Å². The van der Waals surface area contributed by atoms with Crippen LogP contribution in [0.3, 0.4) is 0 Å². The third-order valence-electron chi connectivity index (χ3n) is 2.76. The maximum atomic E-state index is 10.0. The summed E-state index contributed by atoms with van der Waals surface area (Å²) in [4.78, 5) is 10.0. The molecule has 112 valence electrons. The monoisotopic (exact) mass is 278 g/mol. The minimum atomic E-state index is -1.11. The second-order valence-electron chi connectivity index (χ2n) is 4.38. The topological polar surface area (TPSA) is 127 Å². The second-order valence-corrected chi connectivity index (χ2v) is 4.38. The van der Waals surface area contributed by atoms with E-state index in [0.717, 1.165) is 25.5 Å². The summed E-state index contributed by atoms with van der Waals surface area (Å²) >= 11 is 0. The van der Waals surface area contributed by atoms with Crippen molar-refractivity contribution in [2.75, 3.05) is 33.0 Å². The molecule has 1 fully saturated rings. The third-order valence-corrected chi connectivity index (χ3v) is 2.76. The van der Waals surface area contributed by atoms with Crippen molar-refractivity contribution in [3.63, 3.8) is 0 Å². The Labute approximate surface area is 111 Å². The molecule has 0 bridgehead atoms.